The molecule has 14 heavy (non-hydrogen) atoms. The number of hydrogen-bond acceptors (Lipinski definition) is 1. The maximum absolute atomic E-state index is 13.0. The van der Waals surface area contributed by atoms with Gasteiger partial charge < -0.3 is 5.73 Å². The van der Waals surface area contributed by atoms with Gasteiger partial charge >= 0.3 is 0 Å². The largest absolute Gasteiger partial charge is 0.398 e. The van der Waals surface area contributed by atoms with Gasteiger partial charge in [0.25, 0.3) is 0 Å². The second-order valence-corrected chi connectivity index (χ2v) is 3.35. The van der Waals surface area contributed by atoms with Crippen LogP contribution < -0.4 is 5.73 Å². The molecular formula is C12H12FN. The molecule has 0 saturated heterocycles. The zero-order valence-corrected chi connectivity index (χ0v) is 8.05. The molecular weight excluding hydrogens is 177 g/mol. The molecule has 2 aromatic rings. The van der Waals surface area contributed by atoms with Gasteiger partial charge in [0.05, 0.1) is 0 Å². The second kappa shape index (κ2) is 3.29. The molecule has 0 aliphatic heterocycles. The molecule has 2 aromatic carbocycles. The lowest BCUT2D eigenvalue weighted by Crippen LogP contribution is -1.94. The fraction of sp³-hybridized carbons (Fsp3) is 0.167. The van der Waals surface area contributed by atoms with Crippen molar-refractivity contribution < 1.29 is 4.39 Å². The van der Waals surface area contributed by atoms with E-state index in [1.54, 1.807) is 12.1 Å². The average Bonchev–Trinajstić information content (AvgIpc) is 2.17. The van der Waals surface area contributed by atoms with Crippen LogP contribution in [0.3, 0.4) is 0 Å². The lowest BCUT2D eigenvalue weighted by molar-refractivity contribution is 0.629. The quantitative estimate of drug-likeness (QED) is 0.685. The van der Waals surface area contributed by atoms with Crippen molar-refractivity contribution >= 4 is 16.5 Å². The summed E-state index contributed by atoms with van der Waals surface area (Å²) in [6.45, 7) is 2.02. The van der Waals surface area contributed by atoms with E-state index < -0.39 is 0 Å². The van der Waals surface area contributed by atoms with E-state index in [1.807, 2.05) is 19.1 Å². The van der Waals surface area contributed by atoms with Crippen molar-refractivity contribution in [1.29, 1.82) is 0 Å². The van der Waals surface area contributed by atoms with Gasteiger partial charge in [0, 0.05) is 5.69 Å². The van der Waals surface area contributed by atoms with Gasteiger partial charge in [-0.3, -0.25) is 0 Å². The minimum absolute atomic E-state index is 0.210. The Kier molecular flexibility index (Phi) is 2.12. The van der Waals surface area contributed by atoms with E-state index in [0.717, 1.165) is 28.4 Å². The molecule has 0 unspecified atom stereocenters. The monoisotopic (exact) mass is 189 g/mol. The Morgan fingerprint density at radius 1 is 1.21 bits per heavy atom. The Hall–Kier alpha value is -1.57. The van der Waals surface area contributed by atoms with Crippen LogP contribution in [-0.2, 0) is 6.42 Å². The summed E-state index contributed by atoms with van der Waals surface area (Å²) >= 11 is 0. The fourth-order valence-corrected chi connectivity index (χ4v) is 1.77. The molecule has 0 saturated carbocycles. The van der Waals surface area contributed by atoms with Gasteiger partial charge in [-0.1, -0.05) is 19.1 Å². The van der Waals surface area contributed by atoms with Crippen LogP contribution in [0.25, 0.3) is 10.8 Å². The van der Waals surface area contributed by atoms with Gasteiger partial charge in [0.15, 0.2) is 0 Å². The first-order valence-corrected chi connectivity index (χ1v) is 4.69. The van der Waals surface area contributed by atoms with Crippen LogP contribution in [0, 0.1) is 5.82 Å². The van der Waals surface area contributed by atoms with Crippen LogP contribution in [0.5, 0.6) is 0 Å². The molecule has 0 aliphatic rings. The Balaban J connectivity index is 2.84. The number of fused-ring (bicyclic) bond motifs is 1. The highest BCUT2D eigenvalue weighted by atomic mass is 19.1. The highest BCUT2D eigenvalue weighted by Gasteiger charge is 2.04. The Labute approximate surface area is 82.3 Å². The zero-order chi connectivity index (χ0) is 10.1. The van der Waals surface area contributed by atoms with E-state index in [-0.39, 0.29) is 5.82 Å². The molecule has 2 rings (SSSR count). The first-order valence-electron chi connectivity index (χ1n) is 4.69. The van der Waals surface area contributed by atoms with E-state index in [1.165, 1.54) is 6.07 Å². The van der Waals surface area contributed by atoms with Gasteiger partial charge in [-0.15, -0.1) is 0 Å². The van der Waals surface area contributed by atoms with Crippen LogP contribution in [0.2, 0.25) is 0 Å². The maximum atomic E-state index is 13.0. The molecule has 0 aromatic heterocycles. The predicted molar refractivity (Wildman–Crippen MR) is 57.7 cm³/mol. The number of anilines is 1. The smallest absolute Gasteiger partial charge is 0.123 e. The maximum Gasteiger partial charge on any atom is 0.123 e. The highest BCUT2D eigenvalue weighted by molar-refractivity contribution is 5.89. The van der Waals surface area contributed by atoms with Crippen LogP contribution in [0.4, 0.5) is 10.1 Å². The molecule has 0 atom stereocenters. The molecule has 1 nitrogen and oxygen atoms in total. The van der Waals surface area contributed by atoms with Crippen molar-refractivity contribution in [3.05, 3.63) is 41.7 Å². The summed E-state index contributed by atoms with van der Waals surface area (Å²) in [6.07, 6.45) is 0.826. The standard InChI is InChI=1S/C12H12FN/c1-2-10-11-7-9(13)5-3-8(11)4-6-12(10)14/h3-7H,2,14H2,1H3. The van der Waals surface area contributed by atoms with E-state index in [4.69, 9.17) is 5.73 Å². The number of aryl methyl sites for hydroxylation is 1. The molecule has 0 heterocycles. The molecule has 0 amide bonds. The van der Waals surface area contributed by atoms with Crippen molar-refractivity contribution in [3.8, 4) is 0 Å². The van der Waals surface area contributed by atoms with Crippen molar-refractivity contribution in [2.45, 2.75) is 13.3 Å². The summed E-state index contributed by atoms with van der Waals surface area (Å²) in [5.74, 6) is -0.210. The van der Waals surface area contributed by atoms with Gasteiger partial charge in [0.1, 0.15) is 5.82 Å². The third-order valence-corrected chi connectivity index (χ3v) is 2.48. The van der Waals surface area contributed by atoms with Crippen molar-refractivity contribution in [2.24, 2.45) is 0 Å². The van der Waals surface area contributed by atoms with E-state index in [0.29, 0.717) is 0 Å². The molecule has 72 valence electrons. The third kappa shape index (κ3) is 1.33. The van der Waals surface area contributed by atoms with Crippen LogP contribution >= 0.6 is 0 Å². The Morgan fingerprint density at radius 3 is 2.64 bits per heavy atom. The van der Waals surface area contributed by atoms with E-state index in [2.05, 4.69) is 0 Å². The summed E-state index contributed by atoms with van der Waals surface area (Å²) < 4.78 is 13.0. The summed E-state index contributed by atoms with van der Waals surface area (Å²) in [6, 6.07) is 8.59. The Morgan fingerprint density at radius 2 is 1.93 bits per heavy atom. The number of rotatable bonds is 1. The number of nitrogens with two attached hydrogens (primary N) is 1. The summed E-state index contributed by atoms with van der Waals surface area (Å²) in [5, 5.41) is 1.96. The fourth-order valence-electron chi connectivity index (χ4n) is 1.77. The number of nitrogen functional groups attached to an aromatic ring is 1. The molecule has 0 aliphatic carbocycles. The summed E-state index contributed by atoms with van der Waals surface area (Å²) in [5.41, 5.74) is 7.60. The van der Waals surface area contributed by atoms with Crippen molar-refractivity contribution in [2.75, 3.05) is 5.73 Å². The minimum atomic E-state index is -0.210. The van der Waals surface area contributed by atoms with E-state index >= 15 is 0 Å². The van der Waals surface area contributed by atoms with Crippen molar-refractivity contribution in [3.63, 3.8) is 0 Å². The van der Waals surface area contributed by atoms with Crippen molar-refractivity contribution in [1.82, 2.24) is 0 Å². The van der Waals surface area contributed by atoms with Crippen LogP contribution in [-0.4, -0.2) is 0 Å². The van der Waals surface area contributed by atoms with Gasteiger partial charge in [0.2, 0.25) is 0 Å². The lowest BCUT2D eigenvalue weighted by Gasteiger charge is -2.07. The summed E-state index contributed by atoms with van der Waals surface area (Å²) in [4.78, 5) is 0. The van der Waals surface area contributed by atoms with Gasteiger partial charge in [-0.25, -0.2) is 4.39 Å². The zero-order valence-electron chi connectivity index (χ0n) is 8.05. The molecule has 0 spiro atoms. The highest BCUT2D eigenvalue weighted by Crippen LogP contribution is 2.25. The summed E-state index contributed by atoms with van der Waals surface area (Å²) in [7, 11) is 0. The molecule has 0 fully saturated rings. The number of benzene rings is 2. The molecule has 2 heteroatoms. The predicted octanol–water partition coefficient (Wildman–Crippen LogP) is 3.12. The third-order valence-electron chi connectivity index (χ3n) is 2.48. The molecule has 0 radical (unpaired) electrons. The molecule has 0 bridgehead atoms. The first kappa shape index (κ1) is 9.00. The lowest BCUT2D eigenvalue weighted by atomic mass is 10.0. The van der Waals surface area contributed by atoms with Crippen LogP contribution in [0.1, 0.15) is 12.5 Å². The van der Waals surface area contributed by atoms with E-state index in [9.17, 15) is 4.39 Å². The second-order valence-electron chi connectivity index (χ2n) is 3.35. The number of halogens is 1. The topological polar surface area (TPSA) is 26.0 Å². The average molecular weight is 189 g/mol. The van der Waals surface area contributed by atoms with Gasteiger partial charge in [-0.2, -0.15) is 0 Å². The SMILES string of the molecule is CCc1c(N)ccc2ccc(F)cc12. The minimum Gasteiger partial charge on any atom is -0.398 e. The first-order chi connectivity index (χ1) is 6.72. The normalized spacial score (nSPS) is 10.7. The number of hydrogen-bond donors (Lipinski definition) is 1. The van der Waals surface area contributed by atoms with Crippen LogP contribution in [0.15, 0.2) is 30.3 Å². The Bertz CT molecular complexity index is 472. The molecule has 2 N–H and O–H groups in total. The van der Waals surface area contributed by atoms with Gasteiger partial charge in [-0.05, 0) is 41.0 Å².